The second kappa shape index (κ2) is 12.2. The zero-order valence-electron chi connectivity index (χ0n) is 23.8. The number of fused-ring (bicyclic) bond motifs is 3. The van der Waals surface area contributed by atoms with Crippen molar-refractivity contribution < 1.29 is 18.3 Å². The van der Waals surface area contributed by atoms with Gasteiger partial charge < -0.3 is 20.3 Å². The summed E-state index contributed by atoms with van der Waals surface area (Å²) >= 11 is 1.46. The van der Waals surface area contributed by atoms with Gasteiger partial charge >= 0.3 is 0 Å². The summed E-state index contributed by atoms with van der Waals surface area (Å²) in [5.41, 5.74) is 2.48. The SMILES string of the molecule is CC(C)Oc1c(C2=CCC([C@H]3CCCN3)C=C2F)nc2sc3cc(C(=O)NCCCN4CCC(F)CC4)ccc3n12. The molecule has 10 heteroatoms. The van der Waals surface area contributed by atoms with Gasteiger partial charge in [0, 0.05) is 36.8 Å². The molecule has 3 aromatic rings. The summed E-state index contributed by atoms with van der Waals surface area (Å²) in [5.74, 6) is 0.316. The second-order valence-corrected chi connectivity index (χ2v) is 12.7. The Morgan fingerprint density at radius 2 is 2.10 bits per heavy atom. The molecule has 2 saturated heterocycles. The van der Waals surface area contributed by atoms with Gasteiger partial charge in [-0.05, 0) is 95.7 Å². The number of imidazole rings is 1. The van der Waals surface area contributed by atoms with Crippen LogP contribution in [0.4, 0.5) is 8.78 Å². The third-order valence-corrected chi connectivity index (χ3v) is 9.36. The number of amides is 1. The van der Waals surface area contributed by atoms with Crippen LogP contribution in [0.15, 0.2) is 36.2 Å². The molecule has 2 aliphatic heterocycles. The van der Waals surface area contributed by atoms with Crippen LogP contribution >= 0.6 is 11.3 Å². The number of carbonyl (C=O) groups excluding carboxylic acids is 1. The zero-order valence-corrected chi connectivity index (χ0v) is 24.6. The van der Waals surface area contributed by atoms with Crippen molar-refractivity contribution in [2.24, 2.45) is 5.92 Å². The van der Waals surface area contributed by atoms with E-state index in [2.05, 4.69) is 15.5 Å². The molecular weight excluding hydrogens is 544 g/mol. The average Bonchev–Trinajstić information content (AvgIpc) is 3.68. The maximum atomic E-state index is 15.5. The molecule has 1 amide bonds. The van der Waals surface area contributed by atoms with E-state index in [0.29, 0.717) is 53.1 Å². The number of halogens is 2. The van der Waals surface area contributed by atoms with Gasteiger partial charge in [0.05, 0.1) is 16.3 Å². The summed E-state index contributed by atoms with van der Waals surface area (Å²) in [7, 11) is 0. The van der Waals surface area contributed by atoms with Gasteiger partial charge in [-0.2, -0.15) is 0 Å². The molecule has 0 bridgehead atoms. The molecule has 6 rings (SSSR count). The predicted octanol–water partition coefficient (Wildman–Crippen LogP) is 5.90. The number of hydrogen-bond donors (Lipinski definition) is 2. The third-order valence-electron chi connectivity index (χ3n) is 8.35. The molecule has 1 unspecified atom stereocenters. The number of hydrogen-bond acceptors (Lipinski definition) is 6. The van der Waals surface area contributed by atoms with Gasteiger partial charge in [0.1, 0.15) is 17.7 Å². The second-order valence-electron chi connectivity index (χ2n) is 11.7. The Kier molecular flexibility index (Phi) is 8.42. The van der Waals surface area contributed by atoms with Crippen LogP contribution in [-0.4, -0.2) is 71.2 Å². The number of ether oxygens (including phenoxy) is 1. The minimum absolute atomic E-state index is 0.120. The van der Waals surface area contributed by atoms with Crippen LogP contribution in [0.3, 0.4) is 0 Å². The number of nitrogens with one attached hydrogen (secondary N) is 2. The van der Waals surface area contributed by atoms with E-state index < -0.39 is 6.17 Å². The Labute approximate surface area is 243 Å². The number of likely N-dealkylation sites (tertiary alicyclic amines) is 1. The lowest BCUT2D eigenvalue weighted by atomic mass is 9.88. The number of piperidine rings is 1. The van der Waals surface area contributed by atoms with E-state index in [0.717, 1.165) is 62.1 Å². The molecular formula is C31H39F2N5O2S. The van der Waals surface area contributed by atoms with Crippen LogP contribution in [0.5, 0.6) is 5.88 Å². The summed E-state index contributed by atoms with van der Waals surface area (Å²) < 4.78 is 37.9. The van der Waals surface area contributed by atoms with Crippen molar-refractivity contribution >= 4 is 38.0 Å². The van der Waals surface area contributed by atoms with E-state index in [1.807, 2.05) is 42.5 Å². The average molecular weight is 584 g/mol. The summed E-state index contributed by atoms with van der Waals surface area (Å²) in [4.78, 5) is 20.7. The van der Waals surface area contributed by atoms with Crippen molar-refractivity contribution in [1.29, 1.82) is 0 Å². The quantitative estimate of drug-likeness (QED) is 0.307. The van der Waals surface area contributed by atoms with Crippen LogP contribution in [-0.2, 0) is 0 Å². The van der Waals surface area contributed by atoms with Gasteiger partial charge in [-0.1, -0.05) is 17.4 Å². The number of aromatic nitrogens is 2. The first kappa shape index (κ1) is 28.3. The van der Waals surface area contributed by atoms with Gasteiger partial charge in [0.15, 0.2) is 4.96 Å². The Morgan fingerprint density at radius 1 is 1.27 bits per heavy atom. The van der Waals surface area contributed by atoms with Crippen LogP contribution in [0, 0.1) is 5.92 Å². The van der Waals surface area contributed by atoms with Crippen LogP contribution < -0.4 is 15.4 Å². The number of nitrogens with zero attached hydrogens (tertiary/aromatic N) is 3. The molecule has 41 heavy (non-hydrogen) atoms. The molecule has 220 valence electrons. The molecule has 1 aliphatic carbocycles. The summed E-state index contributed by atoms with van der Waals surface area (Å²) in [6.07, 6.45) is 7.93. The first-order valence-corrected chi connectivity index (χ1v) is 15.8. The molecule has 2 aromatic heterocycles. The number of alkyl halides is 1. The van der Waals surface area contributed by atoms with Gasteiger partial charge in [-0.3, -0.25) is 9.20 Å². The maximum Gasteiger partial charge on any atom is 0.251 e. The number of thiazole rings is 1. The molecule has 1 aromatic carbocycles. The van der Waals surface area contributed by atoms with E-state index in [1.54, 1.807) is 6.08 Å². The van der Waals surface area contributed by atoms with Gasteiger partial charge in [0.25, 0.3) is 5.91 Å². The summed E-state index contributed by atoms with van der Waals surface area (Å²) in [5, 5.41) is 6.51. The van der Waals surface area contributed by atoms with Crippen molar-refractivity contribution in [3.05, 3.63) is 47.4 Å². The minimum Gasteiger partial charge on any atom is -0.474 e. The largest absolute Gasteiger partial charge is 0.474 e. The molecule has 3 aliphatic rings. The van der Waals surface area contributed by atoms with Crippen molar-refractivity contribution in [3.8, 4) is 5.88 Å². The van der Waals surface area contributed by atoms with Gasteiger partial charge in [0.2, 0.25) is 5.88 Å². The normalized spacial score (nSPS) is 22.5. The fraction of sp³-hybridized carbons (Fsp3) is 0.548. The first-order chi connectivity index (χ1) is 19.9. The number of carbonyl (C=O) groups is 1. The fourth-order valence-corrected chi connectivity index (χ4v) is 7.25. The number of allylic oxidation sites excluding steroid dienone is 3. The van der Waals surface area contributed by atoms with Crippen LogP contribution in [0.2, 0.25) is 0 Å². The summed E-state index contributed by atoms with van der Waals surface area (Å²) in [6, 6.07) is 5.94. The Balaban J connectivity index is 1.19. The molecule has 2 atom stereocenters. The minimum atomic E-state index is -0.672. The van der Waals surface area contributed by atoms with Crippen LogP contribution in [0.1, 0.15) is 68.4 Å². The number of rotatable bonds is 9. The monoisotopic (exact) mass is 583 g/mol. The van der Waals surface area contributed by atoms with Crippen molar-refractivity contribution in [3.63, 3.8) is 0 Å². The third kappa shape index (κ3) is 6.05. The Morgan fingerprint density at radius 3 is 2.83 bits per heavy atom. The van der Waals surface area contributed by atoms with Crippen molar-refractivity contribution in [1.82, 2.24) is 24.9 Å². The van der Waals surface area contributed by atoms with Crippen molar-refractivity contribution in [2.75, 3.05) is 32.7 Å². The molecule has 0 spiro atoms. The van der Waals surface area contributed by atoms with E-state index in [1.165, 1.54) is 11.3 Å². The molecule has 7 nitrogen and oxygen atoms in total. The van der Waals surface area contributed by atoms with Crippen molar-refractivity contribution in [2.45, 2.75) is 70.7 Å². The fourth-order valence-electron chi connectivity index (χ4n) is 6.19. The molecule has 2 fully saturated rings. The lowest BCUT2D eigenvalue weighted by Crippen LogP contribution is -2.36. The lowest BCUT2D eigenvalue weighted by Gasteiger charge is -2.28. The van der Waals surface area contributed by atoms with Crippen LogP contribution in [0.25, 0.3) is 20.8 Å². The van der Waals surface area contributed by atoms with E-state index in [-0.39, 0.29) is 23.8 Å². The highest BCUT2D eigenvalue weighted by Gasteiger charge is 2.30. The highest BCUT2D eigenvalue weighted by molar-refractivity contribution is 7.23. The molecule has 4 heterocycles. The Hall–Kier alpha value is -2.82. The maximum absolute atomic E-state index is 15.5. The standard InChI is InChI=1S/C31H39F2N5O2S/c1-19(2)40-30-28(23-8-6-20(17-24(23)33)25-5-3-12-34-25)36-31-38(30)26-9-7-21(18-27(26)41-31)29(39)35-13-4-14-37-15-10-22(32)11-16-37/h7-9,17-20,22,25,34H,3-6,10-16H2,1-2H3,(H,35,39)/t20?,25-/m1/s1. The van der Waals surface area contributed by atoms with E-state index >= 15 is 4.39 Å². The summed E-state index contributed by atoms with van der Waals surface area (Å²) in [6.45, 7) is 7.90. The van der Waals surface area contributed by atoms with Gasteiger partial charge in [-0.15, -0.1) is 0 Å². The Bertz CT molecular complexity index is 1460. The lowest BCUT2D eigenvalue weighted by molar-refractivity contribution is 0.0950. The predicted molar refractivity (Wildman–Crippen MR) is 160 cm³/mol. The highest BCUT2D eigenvalue weighted by atomic mass is 32.1. The molecule has 0 saturated carbocycles. The first-order valence-electron chi connectivity index (χ1n) is 14.9. The molecule has 0 radical (unpaired) electrons. The van der Waals surface area contributed by atoms with E-state index in [4.69, 9.17) is 9.72 Å². The molecule has 2 N–H and O–H groups in total. The smallest absolute Gasteiger partial charge is 0.251 e. The number of benzene rings is 1. The highest BCUT2D eigenvalue weighted by Crippen LogP contribution is 2.41. The van der Waals surface area contributed by atoms with Gasteiger partial charge in [-0.25, -0.2) is 13.8 Å². The zero-order chi connectivity index (χ0) is 28.5. The van der Waals surface area contributed by atoms with E-state index in [9.17, 15) is 9.18 Å². The topological polar surface area (TPSA) is 70.9 Å².